The van der Waals surface area contributed by atoms with E-state index in [9.17, 15) is 13.2 Å². The van der Waals surface area contributed by atoms with Crippen LogP contribution in [0.2, 0.25) is 5.28 Å². The Labute approximate surface area is 117 Å². The average Bonchev–Trinajstić information content (AvgIpc) is 2.75. The van der Waals surface area contributed by atoms with Gasteiger partial charge in [-0.1, -0.05) is 24.3 Å². The van der Waals surface area contributed by atoms with Crippen molar-refractivity contribution in [3.05, 3.63) is 65.2 Å². The molecule has 1 aromatic heterocycles. The van der Waals surface area contributed by atoms with E-state index in [1.165, 1.54) is 12.1 Å². The van der Waals surface area contributed by atoms with Gasteiger partial charge in [0.05, 0.1) is 11.0 Å². The van der Waals surface area contributed by atoms with Gasteiger partial charge in [-0.3, -0.25) is 0 Å². The Morgan fingerprint density at radius 3 is 2.55 bits per heavy atom. The maximum absolute atomic E-state index is 14.6. The van der Waals surface area contributed by atoms with Gasteiger partial charge in [-0.25, -0.2) is 13.9 Å². The number of halogens is 4. The van der Waals surface area contributed by atoms with E-state index in [-0.39, 0.29) is 10.8 Å². The van der Waals surface area contributed by atoms with Gasteiger partial charge in [0, 0.05) is 5.56 Å². The molecule has 0 bridgehead atoms. The molecule has 20 heavy (non-hydrogen) atoms. The van der Waals surface area contributed by atoms with E-state index in [0.717, 1.165) is 18.2 Å². The summed E-state index contributed by atoms with van der Waals surface area (Å²) in [5, 5.41) is -0.347. The predicted molar refractivity (Wildman–Crippen MR) is 70.4 cm³/mol. The van der Waals surface area contributed by atoms with E-state index in [0.29, 0.717) is 10.1 Å². The third-order valence-corrected chi connectivity index (χ3v) is 3.23. The van der Waals surface area contributed by atoms with Crippen LogP contribution in [-0.2, 0) is 6.05 Å². The summed E-state index contributed by atoms with van der Waals surface area (Å²) >= 11 is 5.82. The van der Waals surface area contributed by atoms with Crippen LogP contribution in [0.3, 0.4) is 0 Å². The highest BCUT2D eigenvalue weighted by Crippen LogP contribution is 2.36. The Kier molecular flexibility index (Phi) is 2.94. The summed E-state index contributed by atoms with van der Waals surface area (Å²) in [6.07, 6.45) is 0. The van der Waals surface area contributed by atoms with E-state index in [2.05, 4.69) is 4.98 Å². The third-order valence-electron chi connectivity index (χ3n) is 2.97. The molecule has 1 heterocycles. The van der Waals surface area contributed by atoms with Gasteiger partial charge in [0.15, 0.2) is 0 Å². The Bertz CT molecular complexity index is 783. The molecule has 0 aliphatic carbocycles. The van der Waals surface area contributed by atoms with Crippen LogP contribution in [-0.4, -0.2) is 9.55 Å². The van der Waals surface area contributed by atoms with Crippen molar-refractivity contribution in [2.45, 2.75) is 6.05 Å². The van der Waals surface area contributed by atoms with E-state index < -0.39 is 17.4 Å². The minimum atomic E-state index is -3.49. The number of fused-ring (bicyclic) bond motifs is 1. The first kappa shape index (κ1) is 13.0. The maximum Gasteiger partial charge on any atom is 0.358 e. The third kappa shape index (κ3) is 1.94. The number of hydrogen-bond donors (Lipinski definition) is 0. The molecule has 0 saturated carbocycles. The molecule has 3 aromatic rings. The summed E-state index contributed by atoms with van der Waals surface area (Å²) in [5.74, 6) is -0.734. The van der Waals surface area contributed by atoms with Gasteiger partial charge >= 0.3 is 6.05 Å². The predicted octanol–water partition coefficient (Wildman–Crippen LogP) is 4.43. The number of imidazole rings is 1. The van der Waals surface area contributed by atoms with Gasteiger partial charge in [0.2, 0.25) is 5.28 Å². The zero-order valence-electron chi connectivity index (χ0n) is 10.0. The van der Waals surface area contributed by atoms with Crippen molar-refractivity contribution in [3.63, 3.8) is 0 Å². The Morgan fingerprint density at radius 1 is 1.05 bits per heavy atom. The summed E-state index contributed by atoms with van der Waals surface area (Å²) in [6, 6.07) is 7.13. The first-order valence-corrected chi connectivity index (χ1v) is 6.15. The number of benzene rings is 2. The van der Waals surface area contributed by atoms with Crippen molar-refractivity contribution in [1.29, 1.82) is 0 Å². The van der Waals surface area contributed by atoms with E-state index >= 15 is 0 Å². The topological polar surface area (TPSA) is 17.8 Å². The van der Waals surface area contributed by atoms with Crippen LogP contribution in [0.4, 0.5) is 13.2 Å². The maximum atomic E-state index is 14.6. The van der Waals surface area contributed by atoms with Crippen molar-refractivity contribution in [1.82, 2.24) is 9.55 Å². The van der Waals surface area contributed by atoms with Crippen LogP contribution >= 0.6 is 11.6 Å². The molecule has 0 aliphatic rings. The molecular weight excluding hydrogens is 289 g/mol. The smallest absolute Gasteiger partial charge is 0.250 e. The molecule has 0 aliphatic heterocycles. The van der Waals surface area contributed by atoms with Crippen LogP contribution in [0.15, 0.2) is 48.5 Å². The van der Waals surface area contributed by atoms with Crippen LogP contribution in [0.1, 0.15) is 5.56 Å². The highest BCUT2D eigenvalue weighted by molar-refractivity contribution is 6.29. The van der Waals surface area contributed by atoms with Crippen molar-refractivity contribution in [2.75, 3.05) is 0 Å². The fourth-order valence-corrected chi connectivity index (χ4v) is 2.36. The second-order valence-corrected chi connectivity index (χ2v) is 4.59. The van der Waals surface area contributed by atoms with Crippen LogP contribution in [0, 0.1) is 5.82 Å². The largest absolute Gasteiger partial charge is 0.358 e. The summed E-state index contributed by atoms with van der Waals surface area (Å²) in [4.78, 5) is 3.88. The monoisotopic (exact) mass is 296 g/mol. The fraction of sp³-hybridized carbons (Fsp3) is 0.0714. The molecule has 2 aromatic carbocycles. The fourth-order valence-electron chi connectivity index (χ4n) is 2.07. The minimum absolute atomic E-state index is 0.187. The number of nitrogens with zero attached hydrogens (tertiary/aromatic N) is 2. The Balaban J connectivity index is 2.26. The van der Waals surface area contributed by atoms with Crippen molar-refractivity contribution in [2.24, 2.45) is 0 Å². The zero-order valence-corrected chi connectivity index (χ0v) is 10.8. The summed E-state index contributed by atoms with van der Waals surface area (Å²) in [6.45, 7) is 0. The molecular formula is C14H8ClF3N2. The Hall–Kier alpha value is -2.01. The lowest BCUT2D eigenvalue weighted by Gasteiger charge is -2.19. The van der Waals surface area contributed by atoms with Crippen LogP contribution < -0.4 is 0 Å². The SMILES string of the molecule is Fc1cccc(C(F)(F)n2c(Cl)nc3ccccc32)c1. The van der Waals surface area contributed by atoms with Gasteiger partial charge in [-0.15, -0.1) is 0 Å². The lowest BCUT2D eigenvalue weighted by atomic mass is 10.2. The average molecular weight is 297 g/mol. The van der Waals surface area contributed by atoms with Gasteiger partial charge in [0.25, 0.3) is 0 Å². The normalized spacial score (nSPS) is 12.0. The first-order chi connectivity index (χ1) is 9.50. The second kappa shape index (κ2) is 4.52. The molecule has 102 valence electrons. The molecule has 0 fully saturated rings. The first-order valence-electron chi connectivity index (χ1n) is 5.77. The molecule has 0 spiro atoms. The van der Waals surface area contributed by atoms with Gasteiger partial charge in [0.1, 0.15) is 5.82 Å². The molecule has 0 atom stereocenters. The zero-order chi connectivity index (χ0) is 14.3. The van der Waals surface area contributed by atoms with Crippen molar-refractivity contribution in [3.8, 4) is 0 Å². The van der Waals surface area contributed by atoms with Crippen molar-refractivity contribution < 1.29 is 13.2 Å². The number of hydrogen-bond acceptors (Lipinski definition) is 1. The summed E-state index contributed by atoms with van der Waals surface area (Å²) in [5.41, 5.74) is 0.0582. The van der Waals surface area contributed by atoms with Gasteiger partial charge in [-0.2, -0.15) is 8.78 Å². The highest BCUT2D eigenvalue weighted by Gasteiger charge is 2.37. The van der Waals surface area contributed by atoms with Crippen LogP contribution in [0.5, 0.6) is 0 Å². The number of rotatable bonds is 2. The van der Waals surface area contributed by atoms with Gasteiger partial charge < -0.3 is 0 Å². The molecule has 2 nitrogen and oxygen atoms in total. The van der Waals surface area contributed by atoms with E-state index in [1.807, 2.05) is 0 Å². The summed E-state index contributed by atoms with van der Waals surface area (Å²) < 4.78 is 42.9. The number of aromatic nitrogens is 2. The molecule has 0 amide bonds. The Morgan fingerprint density at radius 2 is 1.80 bits per heavy atom. The molecule has 0 saturated heterocycles. The molecule has 6 heteroatoms. The highest BCUT2D eigenvalue weighted by atomic mass is 35.5. The summed E-state index contributed by atoms with van der Waals surface area (Å²) in [7, 11) is 0. The van der Waals surface area contributed by atoms with Crippen molar-refractivity contribution >= 4 is 22.6 Å². The molecule has 0 radical (unpaired) electrons. The second-order valence-electron chi connectivity index (χ2n) is 4.26. The standard InChI is InChI=1S/C14H8ClF3N2/c15-13-19-11-6-1-2-7-12(11)20(13)14(17,18)9-4-3-5-10(16)8-9/h1-8H. The lowest BCUT2D eigenvalue weighted by Crippen LogP contribution is -2.24. The van der Waals surface area contributed by atoms with Gasteiger partial charge in [-0.05, 0) is 35.9 Å². The lowest BCUT2D eigenvalue weighted by molar-refractivity contribution is -0.0324. The molecule has 0 unspecified atom stereocenters. The van der Waals surface area contributed by atoms with Crippen LogP contribution in [0.25, 0.3) is 11.0 Å². The van der Waals surface area contributed by atoms with E-state index in [1.54, 1.807) is 18.2 Å². The van der Waals surface area contributed by atoms with E-state index in [4.69, 9.17) is 11.6 Å². The molecule has 3 rings (SSSR count). The minimum Gasteiger partial charge on any atom is -0.250 e. The number of para-hydroxylation sites is 2. The molecule has 0 N–H and O–H groups in total. The number of alkyl halides is 2. The quantitative estimate of drug-likeness (QED) is 0.684.